The predicted octanol–water partition coefficient (Wildman–Crippen LogP) is 0.394. The van der Waals surface area contributed by atoms with Gasteiger partial charge in [-0.05, 0) is 0 Å². The molecule has 1 aromatic carbocycles. The third kappa shape index (κ3) is 4.81. The standard InChI is InChI=1S/C27H35IN5O2/c1-32-13-12-20(22(15-32)17-6-4-3-5-7-17)26(34)33-16-23-21(24-25(33)28-24)14-29-27(31-23)30-18-8-10-19(35-2)11-9-18/h3-7,14,18-20,22,24-25H,8-13,15-16H2,1-2H3,(H,29,30,31)/q-1/t18?,19?,20-,22+,24-,25+/m0/s1. The number of aromatic nitrogens is 2. The van der Waals surface area contributed by atoms with Crippen molar-refractivity contribution in [2.24, 2.45) is 5.92 Å². The van der Waals surface area contributed by atoms with Crippen LogP contribution in [-0.2, 0) is 16.1 Å². The number of methoxy groups -OCH3 is 1. The number of hydrogen-bond acceptors (Lipinski definition) is 6. The number of nitrogens with zero attached hydrogens (tertiary/aromatic N) is 4. The fourth-order valence-electron chi connectivity index (χ4n) is 6.13. The summed E-state index contributed by atoms with van der Waals surface area (Å²) in [5.41, 5.74) is 3.64. The zero-order chi connectivity index (χ0) is 23.9. The van der Waals surface area contributed by atoms with E-state index >= 15 is 0 Å². The van der Waals surface area contributed by atoms with Gasteiger partial charge in [-0.1, -0.05) is 0 Å². The molecule has 0 bridgehead atoms. The van der Waals surface area contributed by atoms with Crippen LogP contribution in [0.3, 0.4) is 0 Å². The number of rotatable bonds is 5. The van der Waals surface area contributed by atoms with Crippen molar-refractivity contribution in [3.8, 4) is 0 Å². The Morgan fingerprint density at radius 3 is 2.71 bits per heavy atom. The topological polar surface area (TPSA) is 70.6 Å². The maximum atomic E-state index is 14.0. The summed E-state index contributed by atoms with van der Waals surface area (Å²) in [6, 6.07) is 11.0. The number of ether oxygens (including phenoxy) is 1. The van der Waals surface area contributed by atoms with Gasteiger partial charge < -0.3 is 0 Å². The molecule has 0 radical (unpaired) electrons. The van der Waals surface area contributed by atoms with E-state index in [9.17, 15) is 4.79 Å². The van der Waals surface area contributed by atoms with Crippen LogP contribution in [0.5, 0.6) is 0 Å². The van der Waals surface area contributed by atoms with Crippen LogP contribution in [0, 0.1) is 5.92 Å². The molecule has 1 amide bonds. The molecule has 1 aliphatic carbocycles. The summed E-state index contributed by atoms with van der Waals surface area (Å²) >= 11 is -0.0477. The Hall–Kier alpha value is -1.78. The molecule has 0 unspecified atom stereocenters. The normalized spacial score (nSPS) is 32.7. The van der Waals surface area contributed by atoms with Gasteiger partial charge in [0.15, 0.2) is 0 Å². The van der Waals surface area contributed by atoms with E-state index < -0.39 is 0 Å². The van der Waals surface area contributed by atoms with E-state index in [0.29, 0.717) is 32.6 Å². The molecule has 1 aromatic heterocycles. The van der Waals surface area contributed by atoms with Crippen LogP contribution >= 0.6 is 0 Å². The fourth-order valence-corrected chi connectivity index (χ4v) is 9.22. The van der Waals surface area contributed by atoms with Gasteiger partial charge in [0.2, 0.25) is 0 Å². The van der Waals surface area contributed by atoms with E-state index in [1.165, 1.54) is 11.1 Å². The third-order valence-electron chi connectivity index (χ3n) is 8.24. The van der Waals surface area contributed by atoms with E-state index in [1.807, 2.05) is 6.20 Å². The molecule has 2 aromatic rings. The summed E-state index contributed by atoms with van der Waals surface area (Å²) < 4.78 is 6.45. The number of likely N-dealkylation sites (tertiary alicyclic amines) is 1. The van der Waals surface area contributed by atoms with Gasteiger partial charge in [-0.15, -0.1) is 0 Å². The molecule has 2 saturated heterocycles. The molecular formula is C27H35IN5O2-. The molecule has 188 valence electrons. The van der Waals surface area contributed by atoms with Crippen molar-refractivity contribution in [1.29, 1.82) is 0 Å². The van der Waals surface area contributed by atoms with Gasteiger partial charge in [0, 0.05) is 0 Å². The summed E-state index contributed by atoms with van der Waals surface area (Å²) in [6.45, 7) is 2.56. The zero-order valence-electron chi connectivity index (χ0n) is 20.6. The number of hydrogen-bond donors (Lipinski definition) is 1. The van der Waals surface area contributed by atoms with Gasteiger partial charge in [0.1, 0.15) is 0 Å². The zero-order valence-corrected chi connectivity index (χ0v) is 22.7. The third-order valence-corrected chi connectivity index (χ3v) is 11.7. The van der Waals surface area contributed by atoms with E-state index in [4.69, 9.17) is 9.72 Å². The van der Waals surface area contributed by atoms with Gasteiger partial charge in [0.05, 0.1) is 0 Å². The number of fused-ring (bicyclic) bond motifs is 3. The van der Waals surface area contributed by atoms with Crippen molar-refractivity contribution in [3.05, 3.63) is 53.3 Å². The van der Waals surface area contributed by atoms with Crippen LogP contribution in [0.1, 0.15) is 58.8 Å². The molecule has 3 aliphatic heterocycles. The number of amides is 1. The van der Waals surface area contributed by atoms with Crippen molar-refractivity contribution in [1.82, 2.24) is 19.8 Å². The minimum atomic E-state index is -0.0477. The number of anilines is 1. The van der Waals surface area contributed by atoms with E-state index in [-0.39, 0.29) is 33.0 Å². The van der Waals surface area contributed by atoms with E-state index in [1.54, 1.807) is 7.11 Å². The summed E-state index contributed by atoms with van der Waals surface area (Å²) in [6.07, 6.45) is 7.66. The molecule has 3 fully saturated rings. The van der Waals surface area contributed by atoms with Gasteiger partial charge in [-0.25, -0.2) is 0 Å². The molecule has 0 spiro atoms. The number of nitrogens with one attached hydrogen (secondary N) is 1. The van der Waals surface area contributed by atoms with E-state index in [0.717, 1.165) is 56.8 Å². The molecule has 1 N–H and O–H groups in total. The number of carbonyl (C=O) groups excluding carboxylic acids is 1. The van der Waals surface area contributed by atoms with Gasteiger partial charge >= 0.3 is 219 Å². The van der Waals surface area contributed by atoms with Crippen LogP contribution in [-0.4, -0.2) is 69.1 Å². The Morgan fingerprint density at radius 2 is 1.94 bits per heavy atom. The van der Waals surface area contributed by atoms with Crippen molar-refractivity contribution in [2.45, 2.75) is 64.7 Å². The Bertz CT molecular complexity index is 1060. The molecule has 6 rings (SSSR count). The Kier molecular flexibility index (Phi) is 6.70. The number of halogens is 1. The molecule has 8 heteroatoms. The summed E-state index contributed by atoms with van der Waals surface area (Å²) in [5, 5.41) is 3.57. The summed E-state index contributed by atoms with van der Waals surface area (Å²) in [7, 11) is 3.98. The van der Waals surface area contributed by atoms with Crippen molar-refractivity contribution in [2.75, 3.05) is 32.6 Å². The number of likely N-dealkylation sites (N-methyl/N-ethyl adjacent to an activating group) is 1. The monoisotopic (exact) mass is 588 g/mol. The number of carbonyl (C=O) groups is 1. The van der Waals surface area contributed by atoms with Gasteiger partial charge in [-0.2, -0.15) is 0 Å². The molecule has 1 saturated carbocycles. The molecule has 4 heterocycles. The summed E-state index contributed by atoms with van der Waals surface area (Å²) in [5.74, 6) is 1.37. The second kappa shape index (κ2) is 9.94. The SMILES string of the molecule is COC1CCC(Nc2ncc3c(n2)CN(C(=O)[C@H]2CCN(C)C[C@@H]2c2ccccc2)[C@H]2[I-][C@@H]32)CC1. The van der Waals surface area contributed by atoms with Crippen molar-refractivity contribution >= 4 is 11.9 Å². The second-order valence-corrected chi connectivity index (χ2v) is 13.8. The molecule has 4 aliphatic rings. The van der Waals surface area contributed by atoms with Crippen LogP contribution in [0.25, 0.3) is 0 Å². The quantitative estimate of drug-likeness (QED) is 0.310. The average Bonchev–Trinajstić information content (AvgIpc) is 3.70. The van der Waals surface area contributed by atoms with Crippen LogP contribution < -0.4 is 26.5 Å². The minimum absolute atomic E-state index is 0.0477. The molecular weight excluding hydrogens is 553 g/mol. The summed E-state index contributed by atoms with van der Waals surface area (Å²) in [4.78, 5) is 28.2. The fraction of sp³-hybridized carbons (Fsp3) is 0.593. The molecule has 35 heavy (non-hydrogen) atoms. The Morgan fingerprint density at radius 1 is 1.14 bits per heavy atom. The second-order valence-electron chi connectivity index (χ2n) is 10.5. The maximum absolute atomic E-state index is 14.0. The van der Waals surface area contributed by atoms with Crippen LogP contribution in [0.2, 0.25) is 0 Å². The number of benzene rings is 1. The van der Waals surface area contributed by atoms with Crippen molar-refractivity contribution in [3.63, 3.8) is 0 Å². The van der Waals surface area contributed by atoms with Crippen molar-refractivity contribution < 1.29 is 30.7 Å². The van der Waals surface area contributed by atoms with Crippen LogP contribution in [0.15, 0.2) is 36.5 Å². The Labute approximate surface area is 218 Å². The number of alkyl halides is 2. The number of piperidine rings is 1. The first kappa shape index (κ1) is 23.6. The molecule has 4 atom stereocenters. The average molecular weight is 589 g/mol. The van der Waals surface area contributed by atoms with E-state index in [2.05, 4.69) is 57.5 Å². The first-order chi connectivity index (χ1) is 17.1. The molecule has 7 nitrogen and oxygen atoms in total. The predicted molar refractivity (Wildman–Crippen MR) is 131 cm³/mol. The Balaban J connectivity index is 1.18. The first-order valence-electron chi connectivity index (χ1n) is 12.9. The first-order valence-corrected chi connectivity index (χ1v) is 15.4. The van der Waals surface area contributed by atoms with Crippen LogP contribution in [0.4, 0.5) is 5.95 Å². The van der Waals surface area contributed by atoms with Gasteiger partial charge in [0.25, 0.3) is 0 Å². The van der Waals surface area contributed by atoms with Gasteiger partial charge in [-0.3, -0.25) is 0 Å².